The van der Waals surface area contributed by atoms with Crippen molar-refractivity contribution in [2.45, 2.75) is 0 Å². The van der Waals surface area contributed by atoms with Crippen molar-refractivity contribution in [2.75, 3.05) is 0 Å². The summed E-state index contributed by atoms with van der Waals surface area (Å²) in [7, 11) is 0. The predicted molar refractivity (Wildman–Crippen MR) is 285 cm³/mol. The molecule has 4 heterocycles. The molecule has 0 N–H and O–H groups in total. The number of para-hydroxylation sites is 3. The summed E-state index contributed by atoms with van der Waals surface area (Å²) in [4.78, 5) is 16.6. The summed E-state index contributed by atoms with van der Waals surface area (Å²) in [5.41, 5.74) is 10.7. The molecular weight excluding hydrogens is 843 g/mol. The molecule has 320 valence electrons. The smallest absolute Gasteiger partial charge is 0.166 e. The van der Waals surface area contributed by atoms with Crippen molar-refractivity contribution in [3.8, 4) is 45.5 Å². The van der Waals surface area contributed by atoms with Gasteiger partial charge in [-0.2, -0.15) is 0 Å². The lowest BCUT2D eigenvalue weighted by Gasteiger charge is -2.16. The maximum absolute atomic E-state index is 6.98. The summed E-state index contributed by atoms with van der Waals surface area (Å²) in [5, 5.41) is 13.4. The van der Waals surface area contributed by atoms with E-state index in [0.29, 0.717) is 17.5 Å². The fourth-order valence-electron chi connectivity index (χ4n) is 11.0. The van der Waals surface area contributed by atoms with Gasteiger partial charge in [-0.1, -0.05) is 158 Å². The number of hydrogen-bond donors (Lipinski definition) is 0. The van der Waals surface area contributed by atoms with Crippen LogP contribution in [0.4, 0.5) is 0 Å². The first-order chi connectivity index (χ1) is 34.2. The number of rotatable bonds is 5. The van der Waals surface area contributed by atoms with E-state index in [0.717, 1.165) is 115 Å². The van der Waals surface area contributed by atoms with Crippen LogP contribution in [0.25, 0.3) is 143 Å². The molecule has 11 aromatic carbocycles. The van der Waals surface area contributed by atoms with Crippen LogP contribution in [0.15, 0.2) is 229 Å². The lowest BCUT2D eigenvalue weighted by Crippen LogP contribution is -2.04. The summed E-state index contributed by atoms with van der Waals surface area (Å²) in [6, 6.07) is 79.7. The van der Waals surface area contributed by atoms with Crippen LogP contribution in [0.3, 0.4) is 0 Å². The molecular formula is C63H37N5O. The van der Waals surface area contributed by atoms with Crippen molar-refractivity contribution >= 4 is 97.9 Å². The van der Waals surface area contributed by atoms with E-state index in [2.05, 4.69) is 234 Å². The van der Waals surface area contributed by atoms with Crippen molar-refractivity contribution in [3.05, 3.63) is 224 Å². The Morgan fingerprint density at radius 2 is 0.928 bits per heavy atom. The average molecular weight is 880 g/mol. The molecule has 15 rings (SSSR count). The van der Waals surface area contributed by atoms with Gasteiger partial charge in [0.2, 0.25) is 0 Å². The molecule has 0 aliphatic heterocycles. The van der Waals surface area contributed by atoms with E-state index in [9.17, 15) is 0 Å². The maximum Gasteiger partial charge on any atom is 0.166 e. The van der Waals surface area contributed by atoms with Crippen LogP contribution in [0.2, 0.25) is 0 Å². The van der Waals surface area contributed by atoms with E-state index in [4.69, 9.17) is 19.4 Å². The van der Waals surface area contributed by atoms with E-state index < -0.39 is 0 Å². The Kier molecular flexibility index (Phi) is 7.97. The molecule has 0 unspecified atom stereocenters. The van der Waals surface area contributed by atoms with Crippen LogP contribution in [-0.4, -0.2) is 24.1 Å². The topological polar surface area (TPSA) is 61.7 Å². The van der Waals surface area contributed by atoms with Gasteiger partial charge in [0.1, 0.15) is 11.2 Å². The van der Waals surface area contributed by atoms with Crippen LogP contribution >= 0.6 is 0 Å². The first-order valence-corrected chi connectivity index (χ1v) is 23.3. The summed E-state index contributed by atoms with van der Waals surface area (Å²) in [5.74, 6) is 1.74. The van der Waals surface area contributed by atoms with Gasteiger partial charge in [-0.3, -0.25) is 0 Å². The van der Waals surface area contributed by atoms with E-state index >= 15 is 0 Å². The van der Waals surface area contributed by atoms with Gasteiger partial charge < -0.3 is 13.6 Å². The Morgan fingerprint density at radius 1 is 0.319 bits per heavy atom. The van der Waals surface area contributed by atoms with Gasteiger partial charge in [0.15, 0.2) is 17.5 Å². The quantitative estimate of drug-likeness (QED) is 0.173. The molecule has 4 aromatic heterocycles. The highest BCUT2D eigenvalue weighted by atomic mass is 16.3. The summed E-state index contributed by atoms with van der Waals surface area (Å²) >= 11 is 0. The second kappa shape index (κ2) is 14.6. The lowest BCUT2D eigenvalue weighted by molar-refractivity contribution is 0.672. The van der Waals surface area contributed by atoms with Gasteiger partial charge in [-0.15, -0.1) is 0 Å². The summed E-state index contributed by atoms with van der Waals surface area (Å²) in [6.45, 7) is 0. The average Bonchev–Trinajstić information content (AvgIpc) is 4.07. The standard InChI is InChI=1S/C63H37N5O/c1-2-20-44(21-3-1)67-54-27-13-11-24-48(54)59-49(25-14-28-55(59)67)62-64-61(43-30-29-38-15-4-5-17-40(38)33-43)65-63(66-62)52-36-51-47-32-31-39-16-8-9-22-45(39)60(47)69-58(51)37-57(52)68-53-26-12-10-23-46(53)50-34-41-18-6-7-19-42(41)35-56(50)68/h1-37H. The zero-order valence-corrected chi connectivity index (χ0v) is 37.0. The normalized spacial score (nSPS) is 12.1. The van der Waals surface area contributed by atoms with Crippen LogP contribution in [0.5, 0.6) is 0 Å². The second-order valence-electron chi connectivity index (χ2n) is 18.0. The first kappa shape index (κ1) is 37.8. The fourth-order valence-corrected chi connectivity index (χ4v) is 11.0. The van der Waals surface area contributed by atoms with E-state index in [-0.39, 0.29) is 0 Å². The van der Waals surface area contributed by atoms with Crippen LogP contribution in [0, 0.1) is 0 Å². The molecule has 0 aliphatic carbocycles. The van der Waals surface area contributed by atoms with Gasteiger partial charge in [-0.05, 0) is 87.6 Å². The molecule has 0 amide bonds. The van der Waals surface area contributed by atoms with Gasteiger partial charge in [0.25, 0.3) is 0 Å². The third kappa shape index (κ3) is 5.69. The Balaban J connectivity index is 1.08. The van der Waals surface area contributed by atoms with Crippen LogP contribution in [-0.2, 0) is 0 Å². The van der Waals surface area contributed by atoms with Crippen molar-refractivity contribution < 1.29 is 4.42 Å². The Labute approximate surface area is 394 Å². The predicted octanol–water partition coefficient (Wildman–Crippen LogP) is 16.4. The Morgan fingerprint density at radius 3 is 1.74 bits per heavy atom. The minimum atomic E-state index is 0.561. The Hall–Kier alpha value is -9.39. The molecule has 0 atom stereocenters. The molecule has 0 radical (unpaired) electrons. The lowest BCUT2D eigenvalue weighted by atomic mass is 10.0. The number of aromatic nitrogens is 5. The monoisotopic (exact) mass is 879 g/mol. The van der Waals surface area contributed by atoms with E-state index in [1.54, 1.807) is 0 Å². The SMILES string of the molecule is c1ccc(-n2c3ccccc3c3c(-c4nc(-c5ccc6ccccc6c5)nc(-c5cc6c(cc5-n5c7ccccc7c7cc8ccccc8cc75)oc5c7ccccc7ccc65)n4)cccc32)cc1. The van der Waals surface area contributed by atoms with E-state index in [1.807, 2.05) is 0 Å². The summed E-state index contributed by atoms with van der Waals surface area (Å²) < 4.78 is 11.7. The molecule has 0 bridgehead atoms. The molecule has 0 spiro atoms. The minimum Gasteiger partial charge on any atom is -0.455 e. The molecule has 15 aromatic rings. The highest BCUT2D eigenvalue weighted by Gasteiger charge is 2.25. The van der Waals surface area contributed by atoms with E-state index in [1.165, 1.54) is 10.8 Å². The number of hydrogen-bond acceptors (Lipinski definition) is 4. The maximum atomic E-state index is 6.98. The highest BCUT2D eigenvalue weighted by molar-refractivity contribution is 6.18. The van der Waals surface area contributed by atoms with Gasteiger partial charge in [-0.25, -0.2) is 15.0 Å². The minimum absolute atomic E-state index is 0.561. The molecule has 0 fully saturated rings. The molecule has 69 heavy (non-hydrogen) atoms. The third-order valence-corrected chi connectivity index (χ3v) is 14.1. The van der Waals surface area contributed by atoms with Crippen molar-refractivity contribution in [1.82, 2.24) is 24.1 Å². The number of furan rings is 1. The number of nitrogens with zero attached hydrogens (tertiary/aromatic N) is 5. The molecule has 0 aliphatic rings. The second-order valence-corrected chi connectivity index (χ2v) is 18.0. The first-order valence-electron chi connectivity index (χ1n) is 23.3. The van der Waals surface area contributed by atoms with Crippen LogP contribution in [0.1, 0.15) is 0 Å². The zero-order valence-electron chi connectivity index (χ0n) is 37.0. The van der Waals surface area contributed by atoms with Gasteiger partial charge in [0, 0.05) is 66.1 Å². The molecule has 0 saturated heterocycles. The molecule has 6 nitrogen and oxygen atoms in total. The highest BCUT2D eigenvalue weighted by Crippen LogP contribution is 2.44. The fraction of sp³-hybridized carbons (Fsp3) is 0. The largest absolute Gasteiger partial charge is 0.455 e. The number of fused-ring (bicyclic) bond motifs is 13. The van der Waals surface area contributed by atoms with Crippen molar-refractivity contribution in [3.63, 3.8) is 0 Å². The van der Waals surface area contributed by atoms with Crippen molar-refractivity contribution in [2.24, 2.45) is 0 Å². The third-order valence-electron chi connectivity index (χ3n) is 14.1. The van der Waals surface area contributed by atoms with Gasteiger partial charge in [0.05, 0.1) is 27.8 Å². The zero-order chi connectivity index (χ0) is 45.2. The van der Waals surface area contributed by atoms with Crippen molar-refractivity contribution in [1.29, 1.82) is 0 Å². The Bertz CT molecular complexity index is 4620. The number of benzene rings is 11. The van der Waals surface area contributed by atoms with Crippen LogP contribution < -0.4 is 0 Å². The van der Waals surface area contributed by atoms with Gasteiger partial charge >= 0.3 is 0 Å². The molecule has 6 heteroatoms. The molecule has 0 saturated carbocycles. The summed E-state index contributed by atoms with van der Waals surface area (Å²) in [6.07, 6.45) is 0.